The van der Waals surface area contributed by atoms with Crippen LogP contribution >= 0.6 is 27.5 Å². The van der Waals surface area contributed by atoms with Crippen LogP contribution in [0.3, 0.4) is 0 Å². The van der Waals surface area contributed by atoms with E-state index in [1.165, 1.54) is 12.4 Å². The van der Waals surface area contributed by atoms with Gasteiger partial charge < -0.3 is 19.7 Å². The van der Waals surface area contributed by atoms with Crippen LogP contribution in [-0.2, 0) is 4.79 Å². The average molecular weight is 518 g/mol. The van der Waals surface area contributed by atoms with Crippen LogP contribution in [-0.4, -0.2) is 47.5 Å². The van der Waals surface area contributed by atoms with Gasteiger partial charge in [-0.1, -0.05) is 11.6 Å². The van der Waals surface area contributed by atoms with Crippen molar-refractivity contribution in [2.45, 2.75) is 18.9 Å². The minimum absolute atomic E-state index is 0.0496. The minimum Gasteiger partial charge on any atom is -0.493 e. The summed E-state index contributed by atoms with van der Waals surface area (Å²) in [6, 6.07) is 9.39. The molecule has 1 fully saturated rings. The third-order valence-corrected chi connectivity index (χ3v) is 6.48. The number of anilines is 2. The van der Waals surface area contributed by atoms with Crippen molar-refractivity contribution in [1.29, 1.82) is 0 Å². The van der Waals surface area contributed by atoms with Gasteiger partial charge in [-0.2, -0.15) is 0 Å². The van der Waals surface area contributed by atoms with E-state index in [1.54, 1.807) is 7.11 Å². The number of carbonyl (C=O) groups excluding carboxylic acids is 1. The van der Waals surface area contributed by atoms with Crippen LogP contribution in [0.2, 0.25) is 5.02 Å². The summed E-state index contributed by atoms with van der Waals surface area (Å²) < 4.78 is 12.7. The van der Waals surface area contributed by atoms with Crippen molar-refractivity contribution in [2.24, 2.45) is 0 Å². The summed E-state index contributed by atoms with van der Waals surface area (Å²) >= 11 is 9.63. The Balaban J connectivity index is 1.59. The van der Waals surface area contributed by atoms with Crippen molar-refractivity contribution < 1.29 is 14.3 Å². The zero-order valence-electron chi connectivity index (χ0n) is 17.4. The summed E-state index contributed by atoms with van der Waals surface area (Å²) in [5.41, 5.74) is 1.55. The average Bonchev–Trinajstić information content (AvgIpc) is 2.81. The molecule has 1 aromatic heterocycles. The largest absolute Gasteiger partial charge is 0.493 e. The van der Waals surface area contributed by atoms with Crippen LogP contribution in [0.1, 0.15) is 12.8 Å². The Morgan fingerprint density at radius 3 is 2.72 bits per heavy atom. The van der Waals surface area contributed by atoms with Gasteiger partial charge in [0.2, 0.25) is 0 Å². The summed E-state index contributed by atoms with van der Waals surface area (Å²) in [4.78, 5) is 21.5. The van der Waals surface area contributed by atoms with Gasteiger partial charge in [0.25, 0.3) is 0 Å². The molecule has 3 aromatic rings. The number of methoxy groups -OCH3 is 1. The number of nitrogens with one attached hydrogen (secondary N) is 1. The number of hydrogen-bond donors (Lipinski definition) is 1. The lowest BCUT2D eigenvalue weighted by molar-refractivity contribution is -0.104. The Bertz CT molecular complexity index is 1150. The first-order valence-electron chi connectivity index (χ1n) is 10.1. The Hall–Kier alpha value is -2.84. The normalized spacial score (nSPS) is 14.7. The lowest BCUT2D eigenvalue weighted by atomic mass is 10.1. The summed E-state index contributed by atoms with van der Waals surface area (Å²) in [5, 5.41) is 4.73. The standard InChI is InChI=1S/C23H22BrClN4O3/c1-31-21-13-20-17(12-22(21)32-16-5-8-29(9-6-16)7-2-10-30)23(27-14-26-20)28-15-3-4-18(24)19(25)11-15/h2-4,7,10-14,16H,5-6,8-9H2,1H3,(H,26,27,28). The fourth-order valence-electron chi connectivity index (χ4n) is 3.60. The summed E-state index contributed by atoms with van der Waals surface area (Å²) in [6.07, 6.45) is 7.38. The second kappa shape index (κ2) is 10.2. The van der Waals surface area contributed by atoms with E-state index < -0.39 is 0 Å². The topological polar surface area (TPSA) is 76.6 Å². The zero-order valence-corrected chi connectivity index (χ0v) is 19.8. The van der Waals surface area contributed by atoms with Gasteiger partial charge in [-0.05, 0) is 46.3 Å². The van der Waals surface area contributed by atoms with Gasteiger partial charge in [-0.25, -0.2) is 9.97 Å². The van der Waals surface area contributed by atoms with Gasteiger partial charge in [0.05, 0.1) is 17.6 Å². The number of carbonyl (C=O) groups is 1. The highest BCUT2D eigenvalue weighted by atomic mass is 79.9. The number of rotatable bonds is 7. The molecule has 1 aliphatic rings. The van der Waals surface area contributed by atoms with Crippen molar-refractivity contribution in [2.75, 3.05) is 25.5 Å². The molecule has 0 radical (unpaired) electrons. The van der Waals surface area contributed by atoms with Gasteiger partial charge in [0.1, 0.15) is 24.5 Å². The van der Waals surface area contributed by atoms with Crippen molar-refractivity contribution in [3.8, 4) is 11.5 Å². The van der Waals surface area contributed by atoms with E-state index in [0.717, 1.165) is 53.3 Å². The van der Waals surface area contributed by atoms with Crippen LogP contribution in [0.25, 0.3) is 10.9 Å². The first-order chi connectivity index (χ1) is 15.6. The molecule has 9 heteroatoms. The van der Waals surface area contributed by atoms with Crippen molar-refractivity contribution >= 4 is 56.2 Å². The maximum absolute atomic E-state index is 10.5. The third-order valence-electron chi connectivity index (χ3n) is 5.25. The van der Waals surface area contributed by atoms with E-state index in [9.17, 15) is 4.79 Å². The van der Waals surface area contributed by atoms with Gasteiger partial charge in [-0.15, -0.1) is 0 Å². The van der Waals surface area contributed by atoms with E-state index in [1.807, 2.05) is 36.5 Å². The maximum atomic E-state index is 10.5. The van der Waals surface area contributed by atoms with Gasteiger partial charge in [0, 0.05) is 53.7 Å². The highest BCUT2D eigenvalue weighted by Gasteiger charge is 2.21. The Labute approximate surface area is 199 Å². The smallest absolute Gasteiger partial charge is 0.162 e. The van der Waals surface area contributed by atoms with E-state index in [0.29, 0.717) is 22.3 Å². The van der Waals surface area contributed by atoms with Crippen molar-refractivity contribution in [3.05, 3.63) is 58.4 Å². The van der Waals surface area contributed by atoms with E-state index in [4.69, 9.17) is 21.1 Å². The third kappa shape index (κ3) is 5.14. The number of aromatic nitrogens is 2. The molecule has 0 unspecified atom stereocenters. The molecule has 0 atom stereocenters. The first-order valence-corrected chi connectivity index (χ1v) is 11.3. The molecule has 0 amide bonds. The number of allylic oxidation sites excluding steroid dienone is 1. The van der Waals surface area contributed by atoms with Crippen LogP contribution in [0.4, 0.5) is 11.5 Å². The predicted octanol–water partition coefficient (Wildman–Crippen LogP) is 5.35. The molecule has 0 bridgehead atoms. The highest BCUT2D eigenvalue weighted by molar-refractivity contribution is 9.10. The van der Waals surface area contributed by atoms with Crippen LogP contribution in [0.15, 0.2) is 53.4 Å². The van der Waals surface area contributed by atoms with Crippen LogP contribution in [0.5, 0.6) is 11.5 Å². The number of nitrogens with zero attached hydrogens (tertiary/aromatic N) is 3. The second-order valence-electron chi connectivity index (χ2n) is 7.33. The zero-order chi connectivity index (χ0) is 22.5. The number of halogens is 2. The van der Waals surface area contributed by atoms with Crippen molar-refractivity contribution in [1.82, 2.24) is 14.9 Å². The number of fused-ring (bicyclic) bond motifs is 1. The van der Waals surface area contributed by atoms with Crippen LogP contribution in [0, 0.1) is 0 Å². The summed E-state index contributed by atoms with van der Waals surface area (Å²) in [6.45, 7) is 1.65. The van der Waals surface area contributed by atoms with Gasteiger partial charge in [0.15, 0.2) is 11.5 Å². The van der Waals surface area contributed by atoms with E-state index in [-0.39, 0.29) is 6.10 Å². The lowest BCUT2D eigenvalue weighted by Crippen LogP contribution is -2.35. The molecule has 2 heterocycles. The molecule has 7 nitrogen and oxygen atoms in total. The fraction of sp³-hybridized carbons (Fsp3) is 0.261. The molecule has 1 N–H and O–H groups in total. The monoisotopic (exact) mass is 516 g/mol. The number of hydrogen-bond acceptors (Lipinski definition) is 7. The maximum Gasteiger partial charge on any atom is 0.162 e. The lowest BCUT2D eigenvalue weighted by Gasteiger charge is -2.31. The molecular weight excluding hydrogens is 496 g/mol. The SMILES string of the molecule is COc1cc2ncnc(Nc3ccc(Br)c(Cl)c3)c2cc1OC1CCN(C=CC=O)CC1. The molecule has 166 valence electrons. The van der Waals surface area contributed by atoms with Crippen molar-refractivity contribution in [3.63, 3.8) is 0 Å². The predicted molar refractivity (Wildman–Crippen MR) is 129 cm³/mol. The Morgan fingerprint density at radius 2 is 2.00 bits per heavy atom. The molecule has 32 heavy (non-hydrogen) atoms. The summed E-state index contributed by atoms with van der Waals surface area (Å²) in [5.74, 6) is 1.92. The molecule has 0 spiro atoms. The number of ether oxygens (including phenoxy) is 2. The molecule has 2 aromatic carbocycles. The highest BCUT2D eigenvalue weighted by Crippen LogP contribution is 2.36. The molecule has 0 saturated carbocycles. The molecule has 1 saturated heterocycles. The Morgan fingerprint density at radius 1 is 1.19 bits per heavy atom. The number of piperidine rings is 1. The fourth-order valence-corrected chi connectivity index (χ4v) is 4.03. The van der Waals surface area contributed by atoms with Crippen LogP contribution < -0.4 is 14.8 Å². The number of benzene rings is 2. The molecular formula is C23H22BrClN4O3. The molecule has 1 aliphatic heterocycles. The number of likely N-dealkylation sites (tertiary alicyclic amines) is 1. The van der Waals surface area contributed by atoms with Gasteiger partial charge in [-0.3, -0.25) is 4.79 Å². The quantitative estimate of drug-likeness (QED) is 0.334. The second-order valence-corrected chi connectivity index (χ2v) is 8.59. The van der Waals surface area contributed by atoms with E-state index >= 15 is 0 Å². The summed E-state index contributed by atoms with van der Waals surface area (Å²) in [7, 11) is 1.62. The number of aldehydes is 1. The Kier molecular flexibility index (Phi) is 7.12. The molecule has 0 aliphatic carbocycles. The van der Waals surface area contributed by atoms with E-state index in [2.05, 4.69) is 36.1 Å². The minimum atomic E-state index is 0.0496. The molecule has 4 rings (SSSR count). The first kappa shape index (κ1) is 22.4. The van der Waals surface area contributed by atoms with Gasteiger partial charge >= 0.3 is 0 Å².